The number of hydrogen-bond donors (Lipinski definition) is 1. The molecule has 1 N–H and O–H groups in total. The number of carbonyl (C=O) groups excluding carboxylic acids is 1. The molecular weight excluding hydrogens is 259 g/mol. The Morgan fingerprint density at radius 3 is 3.10 bits per heavy atom. The average molecular weight is 278 g/mol. The van der Waals surface area contributed by atoms with E-state index in [9.17, 15) is 9.18 Å². The highest BCUT2D eigenvalue weighted by atomic mass is 19.1. The molecular formula is C15H19FN2O2. The van der Waals surface area contributed by atoms with E-state index in [4.69, 9.17) is 4.74 Å². The molecule has 1 amide bonds. The van der Waals surface area contributed by atoms with E-state index in [0.29, 0.717) is 13.1 Å². The molecule has 0 radical (unpaired) electrons. The summed E-state index contributed by atoms with van der Waals surface area (Å²) in [5, 5.41) is 3.14. The minimum atomic E-state index is -0.275. The lowest BCUT2D eigenvalue weighted by Crippen LogP contribution is -2.33. The van der Waals surface area contributed by atoms with Gasteiger partial charge in [-0.2, -0.15) is 0 Å². The van der Waals surface area contributed by atoms with Gasteiger partial charge in [0.05, 0.1) is 12.6 Å². The molecule has 1 aromatic carbocycles. The molecule has 1 aromatic rings. The first kappa shape index (κ1) is 13.5. The highest BCUT2D eigenvalue weighted by molar-refractivity contribution is 5.80. The smallest absolute Gasteiger partial charge is 0.238 e. The summed E-state index contributed by atoms with van der Waals surface area (Å²) in [6, 6.07) is 6.41. The summed E-state index contributed by atoms with van der Waals surface area (Å²) >= 11 is 0. The molecule has 0 spiro atoms. The van der Waals surface area contributed by atoms with Crippen molar-refractivity contribution >= 4 is 5.91 Å². The number of rotatable bonds is 4. The van der Waals surface area contributed by atoms with Gasteiger partial charge < -0.3 is 9.64 Å². The van der Waals surface area contributed by atoms with Crippen molar-refractivity contribution < 1.29 is 13.9 Å². The van der Waals surface area contributed by atoms with Crippen LogP contribution in [0.3, 0.4) is 0 Å². The van der Waals surface area contributed by atoms with E-state index in [0.717, 1.165) is 31.4 Å². The number of carbonyl (C=O) groups is 1. The maximum absolute atomic E-state index is 13.3. The normalized spacial score (nSPS) is 26.4. The summed E-state index contributed by atoms with van der Waals surface area (Å²) in [6.45, 7) is 1.79. The zero-order valence-corrected chi connectivity index (χ0v) is 11.3. The van der Waals surface area contributed by atoms with Crippen molar-refractivity contribution in [3.8, 4) is 0 Å². The molecule has 0 aliphatic carbocycles. The summed E-state index contributed by atoms with van der Waals surface area (Å²) in [5.74, 6) is -0.208. The van der Waals surface area contributed by atoms with Gasteiger partial charge in [-0.1, -0.05) is 12.1 Å². The summed E-state index contributed by atoms with van der Waals surface area (Å²) in [6.07, 6.45) is 3.06. The quantitative estimate of drug-likeness (QED) is 0.913. The van der Waals surface area contributed by atoms with Crippen molar-refractivity contribution in [2.24, 2.45) is 0 Å². The minimum Gasteiger partial charge on any atom is -0.378 e. The zero-order chi connectivity index (χ0) is 13.9. The van der Waals surface area contributed by atoms with Crippen LogP contribution in [0.15, 0.2) is 24.3 Å². The Kier molecular flexibility index (Phi) is 3.98. The molecule has 5 heteroatoms. The Morgan fingerprint density at radius 1 is 1.45 bits per heavy atom. The van der Waals surface area contributed by atoms with Gasteiger partial charge in [-0.25, -0.2) is 4.39 Å². The lowest BCUT2D eigenvalue weighted by Gasteiger charge is -2.25. The van der Waals surface area contributed by atoms with E-state index < -0.39 is 0 Å². The predicted octanol–water partition coefficient (Wildman–Crippen LogP) is 1.83. The van der Waals surface area contributed by atoms with E-state index in [1.54, 1.807) is 11.0 Å². The number of amides is 1. The number of halogens is 1. The maximum Gasteiger partial charge on any atom is 0.238 e. The fourth-order valence-electron chi connectivity index (χ4n) is 2.92. The van der Waals surface area contributed by atoms with Crippen molar-refractivity contribution in [2.75, 3.05) is 19.7 Å². The Labute approximate surface area is 117 Å². The van der Waals surface area contributed by atoms with Crippen LogP contribution in [-0.2, 0) is 9.53 Å². The van der Waals surface area contributed by atoms with Crippen LogP contribution < -0.4 is 5.32 Å². The van der Waals surface area contributed by atoms with Crippen LogP contribution in [0.5, 0.6) is 0 Å². The van der Waals surface area contributed by atoms with Gasteiger partial charge in [-0.3, -0.25) is 10.1 Å². The molecule has 2 saturated heterocycles. The Bertz CT molecular complexity index is 489. The summed E-state index contributed by atoms with van der Waals surface area (Å²) < 4.78 is 18.9. The monoisotopic (exact) mass is 278 g/mol. The van der Waals surface area contributed by atoms with Crippen molar-refractivity contribution in [1.29, 1.82) is 0 Å². The third kappa shape index (κ3) is 2.83. The zero-order valence-electron chi connectivity index (χ0n) is 11.3. The van der Waals surface area contributed by atoms with E-state index >= 15 is 0 Å². The predicted molar refractivity (Wildman–Crippen MR) is 72.4 cm³/mol. The van der Waals surface area contributed by atoms with Gasteiger partial charge in [0.25, 0.3) is 0 Å². The van der Waals surface area contributed by atoms with Gasteiger partial charge in [-0.05, 0) is 37.0 Å². The summed E-state index contributed by atoms with van der Waals surface area (Å²) in [5.41, 5.74) is 0.795. The highest BCUT2D eigenvalue weighted by Gasteiger charge is 2.32. The van der Waals surface area contributed by atoms with Crippen molar-refractivity contribution in [2.45, 2.75) is 31.5 Å². The molecule has 2 unspecified atom stereocenters. The molecule has 108 valence electrons. The first-order valence-corrected chi connectivity index (χ1v) is 7.14. The second-order valence-electron chi connectivity index (χ2n) is 5.35. The molecule has 4 nitrogen and oxygen atoms in total. The number of hydrogen-bond acceptors (Lipinski definition) is 3. The first-order valence-electron chi connectivity index (χ1n) is 7.14. The van der Waals surface area contributed by atoms with Crippen LogP contribution in [0.25, 0.3) is 0 Å². The molecule has 3 rings (SSSR count). The van der Waals surface area contributed by atoms with Crippen LogP contribution in [-0.4, -0.2) is 36.6 Å². The van der Waals surface area contributed by atoms with Crippen molar-refractivity contribution in [3.63, 3.8) is 0 Å². The van der Waals surface area contributed by atoms with E-state index in [1.165, 1.54) is 12.1 Å². The van der Waals surface area contributed by atoms with Crippen LogP contribution in [0.1, 0.15) is 31.0 Å². The minimum absolute atomic E-state index is 0.0669. The molecule has 2 aliphatic rings. The summed E-state index contributed by atoms with van der Waals surface area (Å²) in [4.78, 5) is 13.8. The number of nitrogens with one attached hydrogen (secondary N) is 1. The number of nitrogens with zero attached hydrogens (tertiary/aromatic N) is 1. The second kappa shape index (κ2) is 5.89. The third-order valence-electron chi connectivity index (χ3n) is 3.96. The highest BCUT2D eigenvalue weighted by Crippen LogP contribution is 2.25. The lowest BCUT2D eigenvalue weighted by atomic mass is 10.1. The molecule has 2 atom stereocenters. The third-order valence-corrected chi connectivity index (χ3v) is 3.96. The maximum atomic E-state index is 13.3. The molecule has 0 bridgehead atoms. The van der Waals surface area contributed by atoms with Gasteiger partial charge in [0, 0.05) is 13.2 Å². The topological polar surface area (TPSA) is 41.6 Å². The number of benzene rings is 1. The molecule has 2 fully saturated rings. The van der Waals surface area contributed by atoms with E-state index in [2.05, 4.69) is 5.32 Å². The first-order chi connectivity index (χ1) is 9.74. The van der Waals surface area contributed by atoms with Crippen LogP contribution >= 0.6 is 0 Å². The average Bonchev–Trinajstić information content (AvgIpc) is 3.06. The van der Waals surface area contributed by atoms with Gasteiger partial charge in [0.2, 0.25) is 5.91 Å². The van der Waals surface area contributed by atoms with E-state index in [-0.39, 0.29) is 24.0 Å². The second-order valence-corrected chi connectivity index (χ2v) is 5.35. The Balaban J connectivity index is 1.68. The molecule has 0 saturated carbocycles. The Morgan fingerprint density at radius 2 is 2.35 bits per heavy atom. The molecule has 0 aromatic heterocycles. The standard InChI is InChI=1S/C15H19FN2O2/c16-12-4-1-3-11(9-12)15-17-10-14(19)18(15)7-6-13-5-2-8-20-13/h1,3-4,9,13,15,17H,2,5-8,10H2. The van der Waals surface area contributed by atoms with Crippen LogP contribution in [0.4, 0.5) is 4.39 Å². The lowest BCUT2D eigenvalue weighted by molar-refractivity contribution is -0.128. The van der Waals surface area contributed by atoms with Gasteiger partial charge in [0.1, 0.15) is 12.0 Å². The SMILES string of the molecule is O=C1CNC(c2cccc(F)c2)N1CCC1CCCO1. The van der Waals surface area contributed by atoms with Gasteiger partial charge in [0.15, 0.2) is 0 Å². The van der Waals surface area contributed by atoms with E-state index in [1.807, 2.05) is 6.07 Å². The summed E-state index contributed by atoms with van der Waals surface area (Å²) in [7, 11) is 0. The van der Waals surface area contributed by atoms with Gasteiger partial charge in [-0.15, -0.1) is 0 Å². The molecule has 2 aliphatic heterocycles. The Hall–Kier alpha value is -1.46. The number of ether oxygens (including phenoxy) is 1. The molecule has 20 heavy (non-hydrogen) atoms. The largest absolute Gasteiger partial charge is 0.378 e. The fourth-order valence-corrected chi connectivity index (χ4v) is 2.92. The van der Waals surface area contributed by atoms with Crippen molar-refractivity contribution in [3.05, 3.63) is 35.6 Å². The molecule has 2 heterocycles. The van der Waals surface area contributed by atoms with Crippen LogP contribution in [0, 0.1) is 5.82 Å². The van der Waals surface area contributed by atoms with Gasteiger partial charge >= 0.3 is 0 Å². The van der Waals surface area contributed by atoms with Crippen LogP contribution in [0.2, 0.25) is 0 Å². The fraction of sp³-hybridized carbons (Fsp3) is 0.533. The van der Waals surface area contributed by atoms with Crippen molar-refractivity contribution in [1.82, 2.24) is 10.2 Å².